The lowest BCUT2D eigenvalue weighted by molar-refractivity contribution is -0.154. The van der Waals surface area contributed by atoms with Crippen LogP contribution >= 0.6 is 11.6 Å². The maximum Gasteiger partial charge on any atom is 0.316 e. The molecule has 0 fully saturated rings. The first-order chi connectivity index (χ1) is 8.06. The summed E-state index contributed by atoms with van der Waals surface area (Å²) in [6.45, 7) is 3.99. The monoisotopic (exact) mass is 258 g/mol. The Labute approximate surface area is 107 Å². The number of ketones is 1. The zero-order valence-corrected chi connectivity index (χ0v) is 11.2. The van der Waals surface area contributed by atoms with E-state index in [2.05, 4.69) is 0 Å². The van der Waals surface area contributed by atoms with Crippen LogP contribution < -0.4 is 0 Å². The molecule has 0 aliphatic heterocycles. The summed E-state index contributed by atoms with van der Waals surface area (Å²) in [6.07, 6.45) is 3.95. The normalized spacial score (nSPS) is 24.4. The predicted octanol–water partition coefficient (Wildman–Crippen LogP) is 2.86. The van der Waals surface area contributed by atoms with Crippen molar-refractivity contribution in [3.8, 4) is 0 Å². The van der Waals surface area contributed by atoms with Gasteiger partial charge in [0, 0.05) is 12.3 Å². The van der Waals surface area contributed by atoms with E-state index in [1.165, 1.54) is 0 Å². The van der Waals surface area contributed by atoms with Crippen LogP contribution in [0.1, 0.15) is 39.5 Å². The Morgan fingerprint density at radius 3 is 2.82 bits per heavy atom. The van der Waals surface area contributed by atoms with E-state index in [1.807, 2.05) is 6.92 Å². The second kappa shape index (κ2) is 6.20. The summed E-state index contributed by atoms with van der Waals surface area (Å²) in [4.78, 5) is 23.5. The van der Waals surface area contributed by atoms with Crippen molar-refractivity contribution in [2.75, 3.05) is 12.5 Å². The van der Waals surface area contributed by atoms with E-state index in [1.54, 1.807) is 13.0 Å². The van der Waals surface area contributed by atoms with Crippen LogP contribution in [0.15, 0.2) is 11.6 Å². The summed E-state index contributed by atoms with van der Waals surface area (Å²) < 4.78 is 5.15. The molecule has 0 bridgehead atoms. The van der Waals surface area contributed by atoms with E-state index in [9.17, 15) is 9.59 Å². The molecule has 0 aromatic rings. The van der Waals surface area contributed by atoms with E-state index >= 15 is 0 Å². The second-order valence-electron chi connectivity index (χ2n) is 4.39. The predicted molar refractivity (Wildman–Crippen MR) is 67.0 cm³/mol. The van der Waals surface area contributed by atoms with E-state index < -0.39 is 5.41 Å². The minimum Gasteiger partial charge on any atom is -0.465 e. The summed E-state index contributed by atoms with van der Waals surface area (Å²) >= 11 is 5.70. The Kier molecular flexibility index (Phi) is 5.19. The van der Waals surface area contributed by atoms with Gasteiger partial charge in [0.2, 0.25) is 0 Å². The van der Waals surface area contributed by atoms with Gasteiger partial charge in [0.25, 0.3) is 0 Å². The summed E-state index contributed by atoms with van der Waals surface area (Å²) in [5.74, 6) is 0.391. The van der Waals surface area contributed by atoms with Crippen molar-refractivity contribution in [3.05, 3.63) is 11.6 Å². The molecule has 0 saturated carbocycles. The van der Waals surface area contributed by atoms with E-state index in [0.717, 1.165) is 12.0 Å². The van der Waals surface area contributed by atoms with Gasteiger partial charge in [0.15, 0.2) is 5.78 Å². The number of halogens is 1. The molecule has 0 aromatic heterocycles. The van der Waals surface area contributed by atoms with Crippen LogP contribution in [-0.4, -0.2) is 24.2 Å². The minimum absolute atomic E-state index is 0.0910. The molecule has 0 amide bonds. The van der Waals surface area contributed by atoms with Crippen molar-refractivity contribution in [1.29, 1.82) is 0 Å². The van der Waals surface area contributed by atoms with Crippen molar-refractivity contribution < 1.29 is 14.3 Å². The molecule has 0 heterocycles. The zero-order valence-electron chi connectivity index (χ0n) is 10.4. The SMILES string of the molecule is CCOC(=O)C1(CCCCl)CCC(=O)C=C1C. The number of rotatable bonds is 5. The number of esters is 1. The molecule has 0 radical (unpaired) electrons. The number of ether oxygens (including phenoxy) is 1. The van der Waals surface area contributed by atoms with Gasteiger partial charge >= 0.3 is 5.97 Å². The van der Waals surface area contributed by atoms with Crippen molar-refractivity contribution in [2.24, 2.45) is 5.41 Å². The first-order valence-electron chi connectivity index (χ1n) is 6.01. The number of hydrogen-bond donors (Lipinski definition) is 0. The number of carbonyl (C=O) groups excluding carboxylic acids is 2. The van der Waals surface area contributed by atoms with Crippen LogP contribution in [0.25, 0.3) is 0 Å². The van der Waals surface area contributed by atoms with E-state index in [-0.39, 0.29) is 11.8 Å². The van der Waals surface area contributed by atoms with Crippen LogP contribution in [0.5, 0.6) is 0 Å². The van der Waals surface area contributed by atoms with E-state index in [0.29, 0.717) is 31.7 Å². The van der Waals surface area contributed by atoms with Crippen molar-refractivity contribution in [3.63, 3.8) is 0 Å². The molecule has 0 saturated heterocycles. The summed E-state index contributed by atoms with van der Waals surface area (Å²) in [5, 5.41) is 0. The van der Waals surface area contributed by atoms with Gasteiger partial charge in [-0.15, -0.1) is 11.6 Å². The Balaban J connectivity index is 2.97. The van der Waals surface area contributed by atoms with Gasteiger partial charge in [0.1, 0.15) is 0 Å². The Morgan fingerprint density at radius 2 is 2.29 bits per heavy atom. The lowest BCUT2D eigenvalue weighted by atomic mass is 9.70. The molecule has 3 nitrogen and oxygen atoms in total. The molecule has 4 heteroatoms. The lowest BCUT2D eigenvalue weighted by Gasteiger charge is -2.34. The molecular weight excluding hydrogens is 240 g/mol. The molecule has 96 valence electrons. The molecule has 1 aliphatic rings. The first kappa shape index (κ1) is 14.2. The maximum absolute atomic E-state index is 12.1. The Morgan fingerprint density at radius 1 is 1.59 bits per heavy atom. The third-order valence-electron chi connectivity index (χ3n) is 3.33. The highest BCUT2D eigenvalue weighted by Crippen LogP contribution is 2.41. The Bertz CT molecular complexity index is 336. The first-order valence-corrected chi connectivity index (χ1v) is 6.55. The maximum atomic E-state index is 12.1. The van der Waals surface area contributed by atoms with Gasteiger partial charge in [0.05, 0.1) is 12.0 Å². The van der Waals surface area contributed by atoms with Crippen LogP contribution in [0, 0.1) is 5.41 Å². The molecule has 1 unspecified atom stereocenters. The number of carbonyl (C=O) groups is 2. The summed E-state index contributed by atoms with van der Waals surface area (Å²) in [5.41, 5.74) is 0.191. The van der Waals surface area contributed by atoms with Crippen LogP contribution in [0.2, 0.25) is 0 Å². The van der Waals surface area contributed by atoms with Gasteiger partial charge in [-0.2, -0.15) is 0 Å². The number of allylic oxidation sites excluding steroid dienone is 1. The van der Waals surface area contributed by atoms with Gasteiger partial charge < -0.3 is 4.74 Å². The topological polar surface area (TPSA) is 43.4 Å². The molecule has 0 spiro atoms. The highest BCUT2D eigenvalue weighted by Gasteiger charge is 2.43. The average molecular weight is 259 g/mol. The standard InChI is InChI=1S/C13H19ClO3/c1-3-17-12(16)13(6-4-8-14)7-5-11(15)9-10(13)2/h9H,3-8H2,1-2H3. The van der Waals surface area contributed by atoms with Crippen molar-refractivity contribution in [2.45, 2.75) is 39.5 Å². The molecule has 0 aromatic carbocycles. The molecule has 17 heavy (non-hydrogen) atoms. The van der Waals surface area contributed by atoms with Gasteiger partial charge in [-0.3, -0.25) is 9.59 Å². The molecule has 1 rings (SSSR count). The van der Waals surface area contributed by atoms with Gasteiger partial charge in [-0.1, -0.05) is 5.57 Å². The Hall–Kier alpha value is -0.830. The van der Waals surface area contributed by atoms with Gasteiger partial charge in [-0.05, 0) is 39.2 Å². The summed E-state index contributed by atoms with van der Waals surface area (Å²) in [6, 6.07) is 0. The largest absolute Gasteiger partial charge is 0.465 e. The third kappa shape index (κ3) is 3.09. The average Bonchev–Trinajstić information content (AvgIpc) is 2.29. The highest BCUT2D eigenvalue weighted by atomic mass is 35.5. The van der Waals surface area contributed by atoms with Gasteiger partial charge in [-0.25, -0.2) is 0 Å². The fourth-order valence-corrected chi connectivity index (χ4v) is 2.44. The molecular formula is C13H19ClO3. The smallest absolute Gasteiger partial charge is 0.316 e. The quantitative estimate of drug-likeness (QED) is 0.563. The van der Waals surface area contributed by atoms with Crippen molar-refractivity contribution in [1.82, 2.24) is 0 Å². The summed E-state index contributed by atoms with van der Waals surface area (Å²) in [7, 11) is 0. The van der Waals surface area contributed by atoms with Crippen LogP contribution in [-0.2, 0) is 14.3 Å². The number of alkyl halides is 1. The third-order valence-corrected chi connectivity index (χ3v) is 3.60. The highest BCUT2D eigenvalue weighted by molar-refractivity contribution is 6.17. The van der Waals surface area contributed by atoms with Crippen molar-refractivity contribution >= 4 is 23.4 Å². The molecule has 0 N–H and O–H groups in total. The van der Waals surface area contributed by atoms with E-state index in [4.69, 9.17) is 16.3 Å². The second-order valence-corrected chi connectivity index (χ2v) is 4.77. The van der Waals surface area contributed by atoms with Crippen LogP contribution in [0.3, 0.4) is 0 Å². The number of hydrogen-bond acceptors (Lipinski definition) is 3. The fraction of sp³-hybridized carbons (Fsp3) is 0.692. The fourth-order valence-electron chi connectivity index (χ4n) is 2.31. The lowest BCUT2D eigenvalue weighted by Crippen LogP contribution is -2.37. The molecule has 1 aliphatic carbocycles. The van der Waals surface area contributed by atoms with Crippen LogP contribution in [0.4, 0.5) is 0 Å². The minimum atomic E-state index is -0.626. The zero-order chi connectivity index (χ0) is 12.9. The molecule has 1 atom stereocenters.